The fourth-order valence-corrected chi connectivity index (χ4v) is 2.81. The van der Waals surface area contributed by atoms with Crippen molar-refractivity contribution in [2.75, 3.05) is 7.11 Å². The first-order chi connectivity index (χ1) is 9.76. The van der Waals surface area contributed by atoms with Gasteiger partial charge in [0.25, 0.3) is 0 Å². The minimum Gasteiger partial charge on any atom is -0.496 e. The highest BCUT2D eigenvalue weighted by molar-refractivity contribution is 7.98. The van der Waals surface area contributed by atoms with E-state index >= 15 is 0 Å². The van der Waals surface area contributed by atoms with Crippen molar-refractivity contribution in [3.05, 3.63) is 59.2 Å². The third-order valence-corrected chi connectivity index (χ3v) is 3.93. The molecule has 0 unspecified atom stereocenters. The molecule has 0 radical (unpaired) electrons. The monoisotopic (exact) mass is 285 g/mol. The first-order valence-electron chi connectivity index (χ1n) is 6.16. The highest BCUT2D eigenvalue weighted by Crippen LogP contribution is 2.29. The Balaban J connectivity index is 2.15. The van der Waals surface area contributed by atoms with Crippen LogP contribution in [0.15, 0.2) is 47.4 Å². The molecule has 0 saturated carbocycles. The molecular formula is C16H15NO2S. The lowest BCUT2D eigenvalue weighted by molar-refractivity contribution is 0.281. The molecule has 3 nitrogen and oxygen atoms in total. The minimum absolute atomic E-state index is 0.0433. The van der Waals surface area contributed by atoms with Crippen molar-refractivity contribution in [3.8, 4) is 11.8 Å². The SMILES string of the molecule is COc1ccc(C#N)cc1CSc1cccc(CO)c1. The van der Waals surface area contributed by atoms with Gasteiger partial charge in [0, 0.05) is 16.2 Å². The predicted octanol–water partition coefficient (Wildman–Crippen LogP) is 3.35. The molecule has 0 heterocycles. The summed E-state index contributed by atoms with van der Waals surface area (Å²) in [6.07, 6.45) is 0. The average molecular weight is 285 g/mol. The molecule has 0 aliphatic carbocycles. The van der Waals surface area contributed by atoms with Crippen molar-refractivity contribution >= 4 is 11.8 Å². The van der Waals surface area contributed by atoms with Gasteiger partial charge in [-0.25, -0.2) is 0 Å². The maximum atomic E-state index is 9.13. The van der Waals surface area contributed by atoms with E-state index in [0.29, 0.717) is 11.3 Å². The number of ether oxygens (including phenoxy) is 1. The number of benzene rings is 2. The quantitative estimate of drug-likeness (QED) is 0.856. The van der Waals surface area contributed by atoms with E-state index in [0.717, 1.165) is 21.8 Å². The Kier molecular flexibility index (Phi) is 5.05. The molecule has 0 fully saturated rings. The molecule has 2 aromatic carbocycles. The van der Waals surface area contributed by atoms with Gasteiger partial charge in [-0.15, -0.1) is 11.8 Å². The minimum atomic E-state index is 0.0433. The van der Waals surface area contributed by atoms with Crippen LogP contribution in [-0.2, 0) is 12.4 Å². The standard InChI is InChI=1S/C16H15NO2S/c1-19-16-6-5-12(9-17)7-14(16)11-20-15-4-2-3-13(8-15)10-18/h2-8,18H,10-11H2,1H3. The Morgan fingerprint density at radius 3 is 2.80 bits per heavy atom. The number of nitrogens with zero attached hydrogens (tertiary/aromatic N) is 1. The molecule has 0 atom stereocenters. The van der Waals surface area contributed by atoms with Crippen molar-refractivity contribution in [2.45, 2.75) is 17.3 Å². The number of methoxy groups -OCH3 is 1. The topological polar surface area (TPSA) is 53.2 Å². The van der Waals surface area contributed by atoms with Gasteiger partial charge < -0.3 is 9.84 Å². The summed E-state index contributed by atoms with van der Waals surface area (Å²) in [5.74, 6) is 1.50. The summed E-state index contributed by atoms with van der Waals surface area (Å²) >= 11 is 1.65. The second kappa shape index (κ2) is 6.99. The van der Waals surface area contributed by atoms with Gasteiger partial charge in [0.2, 0.25) is 0 Å². The van der Waals surface area contributed by atoms with Crippen LogP contribution in [0.5, 0.6) is 5.75 Å². The Morgan fingerprint density at radius 1 is 1.25 bits per heavy atom. The Hall–Kier alpha value is -1.96. The first kappa shape index (κ1) is 14.4. The number of nitriles is 1. The molecule has 0 spiro atoms. The number of rotatable bonds is 5. The number of aliphatic hydroxyl groups excluding tert-OH is 1. The molecule has 1 N–H and O–H groups in total. The smallest absolute Gasteiger partial charge is 0.122 e. The lowest BCUT2D eigenvalue weighted by Gasteiger charge is -2.09. The first-order valence-corrected chi connectivity index (χ1v) is 7.15. The van der Waals surface area contributed by atoms with Crippen LogP contribution in [0.1, 0.15) is 16.7 Å². The van der Waals surface area contributed by atoms with E-state index in [4.69, 9.17) is 15.1 Å². The molecule has 0 aliphatic rings. The Morgan fingerprint density at radius 2 is 2.10 bits per heavy atom. The zero-order chi connectivity index (χ0) is 14.4. The third-order valence-electron chi connectivity index (χ3n) is 2.88. The van der Waals surface area contributed by atoms with Crippen LogP contribution in [0.2, 0.25) is 0 Å². The molecule has 4 heteroatoms. The van der Waals surface area contributed by atoms with Crippen molar-refractivity contribution < 1.29 is 9.84 Å². The Bertz CT molecular complexity index is 635. The number of hydrogen-bond acceptors (Lipinski definition) is 4. The molecule has 0 bridgehead atoms. The fourth-order valence-electron chi connectivity index (χ4n) is 1.86. The third kappa shape index (κ3) is 3.53. The fraction of sp³-hybridized carbons (Fsp3) is 0.188. The van der Waals surface area contributed by atoms with E-state index in [2.05, 4.69) is 6.07 Å². The largest absolute Gasteiger partial charge is 0.496 e. The summed E-state index contributed by atoms with van der Waals surface area (Å²) in [7, 11) is 1.63. The van der Waals surface area contributed by atoms with Crippen molar-refractivity contribution in [2.24, 2.45) is 0 Å². The normalized spacial score (nSPS) is 10.1. The summed E-state index contributed by atoms with van der Waals surface area (Å²) in [5, 5.41) is 18.1. The van der Waals surface area contributed by atoms with E-state index in [-0.39, 0.29) is 6.61 Å². The summed E-state index contributed by atoms with van der Waals surface area (Å²) in [4.78, 5) is 1.08. The van der Waals surface area contributed by atoms with Gasteiger partial charge in [0.1, 0.15) is 5.75 Å². The molecule has 102 valence electrons. The van der Waals surface area contributed by atoms with Gasteiger partial charge in [-0.3, -0.25) is 0 Å². The van der Waals surface area contributed by atoms with Gasteiger partial charge in [0.15, 0.2) is 0 Å². The molecule has 0 amide bonds. The second-order valence-electron chi connectivity index (χ2n) is 4.23. The number of thioether (sulfide) groups is 1. The summed E-state index contributed by atoms with van der Waals surface area (Å²) in [5.41, 5.74) is 2.52. The summed E-state index contributed by atoms with van der Waals surface area (Å²) < 4.78 is 5.32. The second-order valence-corrected chi connectivity index (χ2v) is 5.28. The van der Waals surface area contributed by atoms with Crippen molar-refractivity contribution in [1.29, 1.82) is 5.26 Å². The van der Waals surface area contributed by atoms with Crippen LogP contribution < -0.4 is 4.74 Å². The van der Waals surface area contributed by atoms with Crippen LogP contribution in [-0.4, -0.2) is 12.2 Å². The zero-order valence-electron chi connectivity index (χ0n) is 11.2. The van der Waals surface area contributed by atoms with Gasteiger partial charge >= 0.3 is 0 Å². The van der Waals surface area contributed by atoms with Gasteiger partial charge in [-0.1, -0.05) is 12.1 Å². The molecule has 0 aromatic heterocycles. The lowest BCUT2D eigenvalue weighted by Crippen LogP contribution is -1.92. The van der Waals surface area contributed by atoms with E-state index in [1.54, 1.807) is 24.9 Å². The molecular weight excluding hydrogens is 270 g/mol. The van der Waals surface area contributed by atoms with Crippen LogP contribution in [0.3, 0.4) is 0 Å². The van der Waals surface area contributed by atoms with E-state index in [1.807, 2.05) is 36.4 Å². The molecule has 2 rings (SSSR count). The highest BCUT2D eigenvalue weighted by Gasteiger charge is 2.06. The summed E-state index contributed by atoms with van der Waals surface area (Å²) in [6.45, 7) is 0.0433. The predicted molar refractivity (Wildman–Crippen MR) is 79.6 cm³/mol. The maximum absolute atomic E-state index is 9.13. The van der Waals surface area contributed by atoms with Gasteiger partial charge in [-0.2, -0.15) is 5.26 Å². The zero-order valence-corrected chi connectivity index (χ0v) is 12.0. The number of hydrogen-bond donors (Lipinski definition) is 1. The number of aliphatic hydroxyl groups is 1. The molecule has 0 saturated heterocycles. The van der Waals surface area contributed by atoms with Crippen LogP contribution >= 0.6 is 11.8 Å². The van der Waals surface area contributed by atoms with Crippen LogP contribution in [0, 0.1) is 11.3 Å². The molecule has 0 aliphatic heterocycles. The summed E-state index contributed by atoms with van der Waals surface area (Å²) in [6, 6.07) is 15.3. The van der Waals surface area contributed by atoms with E-state index in [1.165, 1.54) is 0 Å². The van der Waals surface area contributed by atoms with Gasteiger partial charge in [0.05, 0.1) is 25.3 Å². The average Bonchev–Trinajstić information content (AvgIpc) is 2.52. The molecule has 20 heavy (non-hydrogen) atoms. The van der Waals surface area contributed by atoms with Gasteiger partial charge in [-0.05, 0) is 35.9 Å². The van der Waals surface area contributed by atoms with Crippen molar-refractivity contribution in [3.63, 3.8) is 0 Å². The van der Waals surface area contributed by atoms with E-state index < -0.39 is 0 Å². The van der Waals surface area contributed by atoms with E-state index in [9.17, 15) is 0 Å². The van der Waals surface area contributed by atoms with Crippen LogP contribution in [0.25, 0.3) is 0 Å². The van der Waals surface area contributed by atoms with Crippen molar-refractivity contribution in [1.82, 2.24) is 0 Å². The lowest BCUT2D eigenvalue weighted by atomic mass is 10.1. The highest BCUT2D eigenvalue weighted by atomic mass is 32.2. The maximum Gasteiger partial charge on any atom is 0.122 e. The molecule has 2 aromatic rings. The Labute approximate surface area is 122 Å². The van der Waals surface area contributed by atoms with Crippen LogP contribution in [0.4, 0.5) is 0 Å².